The van der Waals surface area contributed by atoms with Crippen molar-refractivity contribution in [1.29, 1.82) is 0 Å². The minimum absolute atomic E-state index is 0.0205. The van der Waals surface area contributed by atoms with Gasteiger partial charge < -0.3 is 21.5 Å². The van der Waals surface area contributed by atoms with Gasteiger partial charge in [0.2, 0.25) is 5.91 Å². The Labute approximate surface area is 195 Å². The standard InChI is InChI=1S/C26H35N3O4/c27-16-14-24(28)26(32)29-17-15-25(31)33-19-23(30)18-22-12-10-21(11-13-22)9-5-4-8-20-6-2-1-3-7-20/h1-3,6-7,10-13,24H,4-5,8-9,14-19,27-28H2,(H,29,32)/t24-/m0/s1. The zero-order chi connectivity index (χ0) is 23.9. The van der Waals surface area contributed by atoms with E-state index in [1.165, 1.54) is 11.1 Å². The highest BCUT2D eigenvalue weighted by Crippen LogP contribution is 2.11. The largest absolute Gasteiger partial charge is 0.458 e. The number of nitrogens with two attached hydrogens (primary N) is 2. The van der Waals surface area contributed by atoms with E-state index in [4.69, 9.17) is 16.2 Å². The molecule has 0 spiro atoms. The number of rotatable bonds is 15. The van der Waals surface area contributed by atoms with Gasteiger partial charge in [-0.05, 0) is 55.3 Å². The van der Waals surface area contributed by atoms with Crippen LogP contribution in [0.1, 0.15) is 42.4 Å². The second-order valence-corrected chi connectivity index (χ2v) is 8.11. The lowest BCUT2D eigenvalue weighted by atomic mass is 10.0. The summed E-state index contributed by atoms with van der Waals surface area (Å²) in [5.41, 5.74) is 14.5. The van der Waals surface area contributed by atoms with Crippen molar-refractivity contribution in [3.05, 3.63) is 71.3 Å². The maximum absolute atomic E-state index is 12.1. The number of ether oxygens (including phenoxy) is 1. The van der Waals surface area contributed by atoms with Crippen molar-refractivity contribution in [1.82, 2.24) is 5.32 Å². The second kappa shape index (κ2) is 14.9. The van der Waals surface area contributed by atoms with Gasteiger partial charge in [-0.1, -0.05) is 54.6 Å². The number of carbonyl (C=O) groups is 3. The number of esters is 1. The monoisotopic (exact) mass is 453 g/mol. The average Bonchev–Trinajstić information content (AvgIpc) is 2.82. The molecule has 2 aromatic carbocycles. The zero-order valence-electron chi connectivity index (χ0n) is 19.1. The summed E-state index contributed by atoms with van der Waals surface area (Å²) in [6.07, 6.45) is 4.91. The number of benzene rings is 2. The number of unbranched alkanes of at least 4 members (excludes halogenated alkanes) is 1. The first kappa shape index (κ1) is 26.2. The van der Waals surface area contributed by atoms with E-state index in [1.54, 1.807) is 0 Å². The van der Waals surface area contributed by atoms with E-state index in [0.717, 1.165) is 31.2 Å². The van der Waals surface area contributed by atoms with Crippen molar-refractivity contribution >= 4 is 17.7 Å². The number of ketones is 1. The molecule has 2 rings (SSSR count). The lowest BCUT2D eigenvalue weighted by molar-refractivity contribution is -0.147. The van der Waals surface area contributed by atoms with Crippen LogP contribution in [0, 0.1) is 0 Å². The van der Waals surface area contributed by atoms with Gasteiger partial charge in [0.1, 0.15) is 6.61 Å². The third-order valence-corrected chi connectivity index (χ3v) is 5.28. The summed E-state index contributed by atoms with van der Waals surface area (Å²) >= 11 is 0. The van der Waals surface area contributed by atoms with Crippen molar-refractivity contribution in [3.63, 3.8) is 0 Å². The van der Waals surface area contributed by atoms with Gasteiger partial charge in [-0.2, -0.15) is 0 Å². The Morgan fingerprint density at radius 3 is 2.12 bits per heavy atom. The topological polar surface area (TPSA) is 125 Å². The number of hydrogen-bond donors (Lipinski definition) is 3. The number of carbonyl (C=O) groups excluding carboxylic acids is 3. The summed E-state index contributed by atoms with van der Waals surface area (Å²) in [5.74, 6) is -1.07. The van der Waals surface area contributed by atoms with Gasteiger partial charge in [-0.15, -0.1) is 0 Å². The Kier molecular flexibility index (Phi) is 11.9. The molecular weight excluding hydrogens is 418 g/mol. The number of hydrogen-bond acceptors (Lipinski definition) is 6. The van der Waals surface area contributed by atoms with E-state index >= 15 is 0 Å². The van der Waals surface area contributed by atoms with Gasteiger partial charge in [0.25, 0.3) is 0 Å². The van der Waals surface area contributed by atoms with Crippen LogP contribution in [0.5, 0.6) is 0 Å². The molecule has 178 valence electrons. The number of nitrogens with one attached hydrogen (secondary N) is 1. The Balaban J connectivity index is 1.59. The van der Waals surface area contributed by atoms with Crippen LogP contribution in [0.25, 0.3) is 0 Å². The molecule has 0 unspecified atom stereocenters. The fourth-order valence-electron chi connectivity index (χ4n) is 3.37. The molecule has 0 aliphatic heterocycles. The SMILES string of the molecule is NCC[C@H](N)C(=O)NCCC(=O)OCC(=O)Cc1ccc(CCCCc2ccccc2)cc1. The first-order valence-electron chi connectivity index (χ1n) is 11.5. The van der Waals surface area contributed by atoms with E-state index in [2.05, 4.69) is 41.7 Å². The lowest BCUT2D eigenvalue weighted by Crippen LogP contribution is -2.42. The lowest BCUT2D eigenvalue weighted by Gasteiger charge is -2.10. The molecule has 33 heavy (non-hydrogen) atoms. The molecule has 0 saturated carbocycles. The number of amides is 1. The van der Waals surface area contributed by atoms with Gasteiger partial charge >= 0.3 is 5.97 Å². The Morgan fingerprint density at radius 1 is 0.879 bits per heavy atom. The highest BCUT2D eigenvalue weighted by atomic mass is 16.5. The van der Waals surface area contributed by atoms with Crippen LogP contribution < -0.4 is 16.8 Å². The molecule has 7 nitrogen and oxygen atoms in total. The van der Waals surface area contributed by atoms with Crippen LogP contribution in [-0.2, 0) is 38.4 Å². The first-order chi connectivity index (χ1) is 16.0. The minimum Gasteiger partial charge on any atom is -0.458 e. The minimum atomic E-state index is -0.687. The summed E-state index contributed by atoms with van der Waals surface area (Å²) in [6, 6.07) is 17.8. The van der Waals surface area contributed by atoms with Crippen molar-refractivity contribution < 1.29 is 19.1 Å². The van der Waals surface area contributed by atoms with Crippen molar-refractivity contribution in [2.45, 2.75) is 51.0 Å². The summed E-state index contributed by atoms with van der Waals surface area (Å²) in [4.78, 5) is 35.5. The molecule has 0 fully saturated rings. The molecular formula is C26H35N3O4. The van der Waals surface area contributed by atoms with Crippen molar-refractivity contribution in [2.24, 2.45) is 11.5 Å². The van der Waals surface area contributed by atoms with Crippen LogP contribution in [0.4, 0.5) is 0 Å². The molecule has 0 saturated heterocycles. The quantitative estimate of drug-likeness (QED) is 0.280. The van der Waals surface area contributed by atoms with E-state index in [-0.39, 0.29) is 37.7 Å². The van der Waals surface area contributed by atoms with Crippen LogP contribution in [0.15, 0.2) is 54.6 Å². The Hall–Kier alpha value is -3.03. The van der Waals surface area contributed by atoms with Gasteiger partial charge in [0, 0.05) is 13.0 Å². The average molecular weight is 454 g/mol. The van der Waals surface area contributed by atoms with Gasteiger partial charge in [-0.3, -0.25) is 14.4 Å². The van der Waals surface area contributed by atoms with Gasteiger partial charge in [0.05, 0.1) is 12.5 Å². The molecule has 5 N–H and O–H groups in total. The summed E-state index contributed by atoms with van der Waals surface area (Å²) in [6.45, 7) is 0.147. The van der Waals surface area contributed by atoms with Crippen molar-refractivity contribution in [3.8, 4) is 0 Å². The molecule has 0 radical (unpaired) electrons. The first-order valence-corrected chi connectivity index (χ1v) is 11.5. The third kappa shape index (κ3) is 10.9. The van der Waals surface area contributed by atoms with Gasteiger partial charge in [0.15, 0.2) is 5.78 Å². The molecule has 2 aromatic rings. The van der Waals surface area contributed by atoms with Crippen LogP contribution in [0.2, 0.25) is 0 Å². The van der Waals surface area contributed by atoms with Crippen LogP contribution in [0.3, 0.4) is 0 Å². The Bertz CT molecular complexity index is 869. The molecule has 0 aromatic heterocycles. The predicted molar refractivity (Wildman–Crippen MR) is 128 cm³/mol. The summed E-state index contributed by atoms with van der Waals surface area (Å²) in [5, 5.41) is 2.55. The molecule has 0 aliphatic carbocycles. The second-order valence-electron chi connectivity index (χ2n) is 8.11. The molecule has 0 bridgehead atoms. The molecule has 7 heteroatoms. The van der Waals surface area contributed by atoms with Crippen LogP contribution in [-0.4, -0.2) is 43.4 Å². The van der Waals surface area contributed by atoms with E-state index in [9.17, 15) is 14.4 Å². The third-order valence-electron chi connectivity index (χ3n) is 5.28. The summed E-state index contributed by atoms with van der Waals surface area (Å²) in [7, 11) is 0. The molecule has 1 atom stereocenters. The highest BCUT2D eigenvalue weighted by molar-refractivity contribution is 5.84. The normalized spacial score (nSPS) is 11.6. The zero-order valence-corrected chi connectivity index (χ0v) is 19.1. The predicted octanol–water partition coefficient (Wildman–Crippen LogP) is 2.09. The number of aryl methyl sites for hydroxylation is 2. The maximum Gasteiger partial charge on any atom is 0.308 e. The Morgan fingerprint density at radius 2 is 1.48 bits per heavy atom. The number of Topliss-reactive ketones (excluding diaryl/α,β-unsaturated/α-hetero) is 1. The highest BCUT2D eigenvalue weighted by Gasteiger charge is 2.13. The van der Waals surface area contributed by atoms with Crippen LogP contribution >= 0.6 is 0 Å². The maximum atomic E-state index is 12.1. The molecule has 0 aliphatic rings. The van der Waals surface area contributed by atoms with Crippen molar-refractivity contribution in [2.75, 3.05) is 19.7 Å². The van der Waals surface area contributed by atoms with E-state index < -0.39 is 12.0 Å². The smallest absolute Gasteiger partial charge is 0.308 e. The molecule has 1 amide bonds. The molecule has 0 heterocycles. The van der Waals surface area contributed by atoms with E-state index in [1.807, 2.05) is 18.2 Å². The summed E-state index contributed by atoms with van der Waals surface area (Å²) < 4.78 is 5.00. The fraction of sp³-hybridized carbons (Fsp3) is 0.423. The van der Waals surface area contributed by atoms with Gasteiger partial charge in [-0.25, -0.2) is 0 Å². The fourth-order valence-corrected chi connectivity index (χ4v) is 3.37. The van der Waals surface area contributed by atoms with E-state index in [0.29, 0.717) is 13.0 Å².